The van der Waals surface area contributed by atoms with Gasteiger partial charge in [-0.3, -0.25) is 0 Å². The molecule has 0 aliphatic heterocycles. The van der Waals surface area contributed by atoms with Crippen molar-refractivity contribution in [3.8, 4) is 5.75 Å². The molecule has 0 heterocycles. The molecule has 0 radical (unpaired) electrons. The van der Waals surface area contributed by atoms with Crippen LogP contribution in [0.2, 0.25) is 0 Å². The molecule has 1 aromatic carbocycles. The van der Waals surface area contributed by atoms with Gasteiger partial charge in [0.15, 0.2) is 0 Å². The average Bonchev–Trinajstić information content (AvgIpc) is 2.32. The van der Waals surface area contributed by atoms with Crippen molar-refractivity contribution in [2.24, 2.45) is 5.92 Å². The first-order chi connectivity index (χ1) is 8.56. The Kier molecular flexibility index (Phi) is 4.25. The van der Waals surface area contributed by atoms with Gasteiger partial charge < -0.3 is 14.8 Å². The van der Waals surface area contributed by atoms with Crippen LogP contribution in [0.5, 0.6) is 5.75 Å². The fourth-order valence-electron chi connectivity index (χ4n) is 2.35. The Bertz CT molecular complexity index is 403. The maximum absolute atomic E-state index is 13.2. The van der Waals surface area contributed by atoms with E-state index in [-0.39, 0.29) is 17.3 Å². The van der Waals surface area contributed by atoms with Crippen LogP contribution in [0.25, 0.3) is 0 Å². The molecule has 0 unspecified atom stereocenters. The van der Waals surface area contributed by atoms with E-state index in [9.17, 15) is 14.4 Å². The molecule has 1 aliphatic rings. The predicted molar refractivity (Wildman–Crippen MR) is 68.3 cm³/mol. The molecule has 1 saturated carbocycles. The van der Waals surface area contributed by atoms with Gasteiger partial charge in [-0.25, -0.2) is 4.39 Å². The van der Waals surface area contributed by atoms with E-state index < -0.39 is 12.9 Å². The number of ether oxygens (including phenoxy) is 1. The van der Waals surface area contributed by atoms with Crippen molar-refractivity contribution in [3.05, 3.63) is 24.0 Å². The molecule has 0 atom stereocenters. The topological polar surface area (TPSA) is 49.7 Å². The van der Waals surface area contributed by atoms with Crippen LogP contribution in [-0.4, -0.2) is 23.3 Å². The Morgan fingerprint density at radius 1 is 1.22 bits per heavy atom. The van der Waals surface area contributed by atoms with Crippen LogP contribution in [0.15, 0.2) is 18.2 Å². The zero-order chi connectivity index (χ0) is 13.1. The molecule has 18 heavy (non-hydrogen) atoms. The first kappa shape index (κ1) is 13.4. The standard InChI is InChI=1S/C13H18BFO3/c1-9-2-5-11(6-3-9)18-13-8-10(15)4-7-12(13)14(16)17/h4,7-9,11,16-17H,2-3,5-6H2,1H3. The van der Waals surface area contributed by atoms with Crippen LogP contribution >= 0.6 is 0 Å². The van der Waals surface area contributed by atoms with Crippen molar-refractivity contribution in [2.75, 3.05) is 0 Å². The van der Waals surface area contributed by atoms with Gasteiger partial charge in [-0.1, -0.05) is 13.0 Å². The van der Waals surface area contributed by atoms with Crippen molar-refractivity contribution < 1.29 is 19.2 Å². The summed E-state index contributed by atoms with van der Waals surface area (Å²) in [5, 5.41) is 18.4. The lowest BCUT2D eigenvalue weighted by Gasteiger charge is -2.27. The van der Waals surface area contributed by atoms with Gasteiger partial charge in [-0.05, 0) is 37.7 Å². The minimum Gasteiger partial charge on any atom is -0.491 e. The van der Waals surface area contributed by atoms with Gasteiger partial charge in [-0.2, -0.15) is 0 Å². The number of halogens is 1. The van der Waals surface area contributed by atoms with E-state index in [2.05, 4.69) is 6.92 Å². The van der Waals surface area contributed by atoms with Crippen molar-refractivity contribution >= 4 is 12.6 Å². The second-order valence-corrected chi connectivity index (χ2v) is 5.06. The molecule has 1 aliphatic carbocycles. The van der Waals surface area contributed by atoms with E-state index in [4.69, 9.17) is 4.74 Å². The molecule has 3 nitrogen and oxygen atoms in total. The van der Waals surface area contributed by atoms with Crippen molar-refractivity contribution in [1.82, 2.24) is 0 Å². The summed E-state index contributed by atoms with van der Waals surface area (Å²) in [6.07, 6.45) is 4.09. The Morgan fingerprint density at radius 2 is 1.89 bits per heavy atom. The highest BCUT2D eigenvalue weighted by molar-refractivity contribution is 6.59. The molecule has 1 fully saturated rings. The third-order valence-corrected chi connectivity index (χ3v) is 3.51. The Balaban J connectivity index is 2.10. The van der Waals surface area contributed by atoms with Gasteiger partial charge in [0.1, 0.15) is 11.6 Å². The average molecular weight is 252 g/mol. The van der Waals surface area contributed by atoms with Gasteiger partial charge in [0, 0.05) is 11.5 Å². The monoisotopic (exact) mass is 252 g/mol. The van der Waals surface area contributed by atoms with Gasteiger partial charge in [0.05, 0.1) is 6.10 Å². The summed E-state index contributed by atoms with van der Waals surface area (Å²) in [6.45, 7) is 2.21. The van der Waals surface area contributed by atoms with E-state index in [1.165, 1.54) is 18.2 Å². The summed E-state index contributed by atoms with van der Waals surface area (Å²) in [6, 6.07) is 3.76. The first-order valence-electron chi connectivity index (χ1n) is 6.38. The molecule has 0 saturated heterocycles. The third kappa shape index (κ3) is 3.24. The number of hydrogen-bond donors (Lipinski definition) is 2. The molecular formula is C13H18BFO3. The van der Waals surface area contributed by atoms with Gasteiger partial charge >= 0.3 is 7.12 Å². The lowest BCUT2D eigenvalue weighted by Crippen LogP contribution is -2.34. The molecule has 0 amide bonds. The lowest BCUT2D eigenvalue weighted by molar-refractivity contribution is 0.136. The molecule has 2 rings (SSSR count). The summed E-state index contributed by atoms with van der Waals surface area (Å²) in [5.74, 6) is 0.517. The van der Waals surface area contributed by atoms with Crippen LogP contribution in [0.3, 0.4) is 0 Å². The smallest absolute Gasteiger partial charge is 0.491 e. The SMILES string of the molecule is CC1CCC(Oc2cc(F)ccc2B(O)O)CC1. The largest absolute Gasteiger partial charge is 0.492 e. The van der Waals surface area contributed by atoms with Crippen molar-refractivity contribution in [3.63, 3.8) is 0 Å². The molecule has 5 heteroatoms. The Morgan fingerprint density at radius 3 is 2.50 bits per heavy atom. The number of benzene rings is 1. The molecule has 2 N–H and O–H groups in total. The van der Waals surface area contributed by atoms with Crippen LogP contribution in [0.4, 0.5) is 4.39 Å². The molecule has 0 bridgehead atoms. The van der Waals surface area contributed by atoms with E-state index in [1.54, 1.807) is 0 Å². The predicted octanol–water partition coefficient (Wildman–Crippen LogP) is 1.46. The lowest BCUT2D eigenvalue weighted by atomic mass is 9.79. The zero-order valence-corrected chi connectivity index (χ0v) is 10.5. The Labute approximate surface area is 107 Å². The van der Waals surface area contributed by atoms with Crippen LogP contribution in [-0.2, 0) is 0 Å². The Hall–Kier alpha value is -1.07. The minimum absolute atomic E-state index is 0.0421. The van der Waals surface area contributed by atoms with Gasteiger partial charge in [-0.15, -0.1) is 0 Å². The summed E-state index contributed by atoms with van der Waals surface area (Å²) in [5.41, 5.74) is 0.218. The zero-order valence-electron chi connectivity index (χ0n) is 10.5. The second-order valence-electron chi connectivity index (χ2n) is 5.06. The van der Waals surface area contributed by atoms with E-state index in [0.29, 0.717) is 5.92 Å². The van der Waals surface area contributed by atoms with Crippen LogP contribution in [0, 0.1) is 11.7 Å². The summed E-state index contributed by atoms with van der Waals surface area (Å²) < 4.78 is 18.9. The number of hydrogen-bond acceptors (Lipinski definition) is 3. The van der Waals surface area contributed by atoms with Gasteiger partial charge in [0.2, 0.25) is 0 Å². The molecule has 1 aromatic rings. The molecule has 0 spiro atoms. The third-order valence-electron chi connectivity index (χ3n) is 3.51. The normalized spacial score (nSPS) is 23.8. The minimum atomic E-state index is -1.64. The first-order valence-corrected chi connectivity index (χ1v) is 6.38. The molecule has 98 valence electrons. The fourth-order valence-corrected chi connectivity index (χ4v) is 2.35. The molecular weight excluding hydrogens is 234 g/mol. The summed E-state index contributed by atoms with van der Waals surface area (Å²) in [4.78, 5) is 0. The maximum Gasteiger partial charge on any atom is 0.492 e. The second kappa shape index (κ2) is 5.72. The van der Waals surface area contributed by atoms with Crippen LogP contribution < -0.4 is 10.2 Å². The molecule has 0 aromatic heterocycles. The fraction of sp³-hybridized carbons (Fsp3) is 0.538. The highest BCUT2D eigenvalue weighted by Crippen LogP contribution is 2.26. The van der Waals surface area contributed by atoms with E-state index >= 15 is 0 Å². The summed E-state index contributed by atoms with van der Waals surface area (Å²) in [7, 11) is -1.64. The van der Waals surface area contributed by atoms with E-state index in [1.807, 2.05) is 0 Å². The van der Waals surface area contributed by atoms with E-state index in [0.717, 1.165) is 25.7 Å². The van der Waals surface area contributed by atoms with Crippen molar-refractivity contribution in [1.29, 1.82) is 0 Å². The summed E-state index contributed by atoms with van der Waals surface area (Å²) >= 11 is 0. The van der Waals surface area contributed by atoms with Crippen molar-refractivity contribution in [2.45, 2.75) is 38.7 Å². The van der Waals surface area contributed by atoms with Crippen LogP contribution in [0.1, 0.15) is 32.6 Å². The highest BCUT2D eigenvalue weighted by atomic mass is 19.1. The maximum atomic E-state index is 13.2. The number of rotatable bonds is 3. The van der Waals surface area contributed by atoms with Gasteiger partial charge in [0.25, 0.3) is 0 Å². The quantitative estimate of drug-likeness (QED) is 0.801. The highest BCUT2D eigenvalue weighted by Gasteiger charge is 2.23.